The van der Waals surface area contributed by atoms with Crippen LogP contribution in [0.25, 0.3) is 0 Å². The molecule has 1 aromatic carbocycles. The van der Waals surface area contributed by atoms with Gasteiger partial charge in [-0.2, -0.15) is 0 Å². The van der Waals surface area contributed by atoms with Crippen LogP contribution < -0.4 is 9.47 Å². The van der Waals surface area contributed by atoms with Crippen molar-refractivity contribution in [3.63, 3.8) is 0 Å². The summed E-state index contributed by atoms with van der Waals surface area (Å²) in [4.78, 5) is 0. The molecule has 3 aliphatic rings. The smallest absolute Gasteiger partial charge is 0.161 e. The first-order valence-electron chi connectivity index (χ1n) is 8.62. The lowest BCUT2D eigenvalue weighted by Gasteiger charge is -2.23. The van der Waals surface area contributed by atoms with E-state index < -0.39 is 6.10 Å². The van der Waals surface area contributed by atoms with E-state index in [-0.39, 0.29) is 0 Å². The van der Waals surface area contributed by atoms with Crippen LogP contribution in [0.4, 0.5) is 0 Å². The van der Waals surface area contributed by atoms with E-state index >= 15 is 0 Å². The van der Waals surface area contributed by atoms with Gasteiger partial charge in [0.1, 0.15) is 0 Å². The van der Waals surface area contributed by atoms with Crippen molar-refractivity contribution in [2.45, 2.75) is 31.8 Å². The summed E-state index contributed by atoms with van der Waals surface area (Å²) in [5.74, 6) is 3.81. The number of halogens is 1. The quantitative estimate of drug-likeness (QED) is 0.817. The zero-order valence-electron chi connectivity index (χ0n) is 14.1. The van der Waals surface area contributed by atoms with Gasteiger partial charge in [0.2, 0.25) is 0 Å². The van der Waals surface area contributed by atoms with E-state index in [1.54, 1.807) is 14.2 Å². The SMILES string of the molecule is COc1ccc(C(O)CC2=C(Cl)CCC=C2C2C3CC32)cc1OC. The normalized spacial score (nSPS) is 28.8. The number of aliphatic hydroxyl groups excluding tert-OH is 1. The van der Waals surface area contributed by atoms with Crippen molar-refractivity contribution in [2.75, 3.05) is 14.2 Å². The average Bonchev–Trinajstić information content (AvgIpc) is 3.49. The molecule has 24 heavy (non-hydrogen) atoms. The first-order valence-corrected chi connectivity index (χ1v) is 8.99. The van der Waals surface area contributed by atoms with Gasteiger partial charge in [0.25, 0.3) is 0 Å². The van der Waals surface area contributed by atoms with Crippen molar-refractivity contribution >= 4 is 11.6 Å². The van der Waals surface area contributed by atoms with Gasteiger partial charge in [-0.25, -0.2) is 0 Å². The van der Waals surface area contributed by atoms with Crippen molar-refractivity contribution in [3.05, 3.63) is 46.0 Å². The van der Waals surface area contributed by atoms with Crippen LogP contribution in [-0.2, 0) is 0 Å². The Morgan fingerprint density at radius 2 is 1.96 bits per heavy atom. The van der Waals surface area contributed by atoms with Crippen LogP contribution in [0.1, 0.15) is 37.4 Å². The highest BCUT2D eigenvalue weighted by Gasteiger charge is 2.65. The van der Waals surface area contributed by atoms with Crippen LogP contribution in [0.15, 0.2) is 40.5 Å². The van der Waals surface area contributed by atoms with Gasteiger partial charge in [-0.1, -0.05) is 23.7 Å². The average molecular weight is 347 g/mol. The molecule has 0 radical (unpaired) electrons. The van der Waals surface area contributed by atoms with Crippen molar-refractivity contribution in [3.8, 4) is 11.5 Å². The van der Waals surface area contributed by atoms with E-state index in [0.29, 0.717) is 23.8 Å². The number of hydrogen-bond donors (Lipinski definition) is 1. The minimum absolute atomic E-state index is 0.566. The zero-order valence-corrected chi connectivity index (χ0v) is 14.8. The molecule has 3 nitrogen and oxygen atoms in total. The summed E-state index contributed by atoms with van der Waals surface area (Å²) in [6.45, 7) is 0. The Morgan fingerprint density at radius 3 is 2.58 bits per heavy atom. The van der Waals surface area contributed by atoms with Gasteiger partial charge in [-0.3, -0.25) is 0 Å². The lowest BCUT2D eigenvalue weighted by Crippen LogP contribution is -2.09. The van der Waals surface area contributed by atoms with E-state index in [9.17, 15) is 5.11 Å². The first kappa shape index (κ1) is 16.0. The maximum Gasteiger partial charge on any atom is 0.161 e. The predicted octanol–water partition coefficient (Wildman–Crippen LogP) is 4.61. The number of aliphatic hydroxyl groups is 1. The molecule has 0 heterocycles. The van der Waals surface area contributed by atoms with E-state index in [1.165, 1.54) is 17.6 Å². The zero-order chi connectivity index (χ0) is 16.8. The molecule has 1 aromatic rings. The molecule has 3 aliphatic carbocycles. The molecule has 3 atom stereocenters. The third-order valence-electron chi connectivity index (χ3n) is 5.63. The van der Waals surface area contributed by atoms with Crippen molar-refractivity contribution in [2.24, 2.45) is 17.8 Å². The van der Waals surface area contributed by atoms with Crippen molar-refractivity contribution < 1.29 is 14.6 Å². The molecule has 2 saturated carbocycles. The fraction of sp³-hybridized carbons (Fsp3) is 0.500. The Morgan fingerprint density at radius 1 is 1.21 bits per heavy atom. The number of rotatable bonds is 6. The van der Waals surface area contributed by atoms with Gasteiger partial charge in [-0.05, 0) is 65.9 Å². The maximum absolute atomic E-state index is 10.8. The van der Waals surface area contributed by atoms with Crippen LogP contribution in [-0.4, -0.2) is 19.3 Å². The van der Waals surface area contributed by atoms with E-state index in [0.717, 1.165) is 35.3 Å². The summed E-state index contributed by atoms with van der Waals surface area (Å²) >= 11 is 6.53. The van der Waals surface area contributed by atoms with Crippen LogP contribution >= 0.6 is 11.6 Å². The Bertz CT molecular complexity index is 714. The summed E-state index contributed by atoms with van der Waals surface area (Å²) in [5, 5.41) is 11.7. The number of fused-ring (bicyclic) bond motifs is 1. The molecule has 0 saturated heterocycles. The first-order chi connectivity index (χ1) is 11.6. The molecule has 1 N–H and O–H groups in total. The van der Waals surface area contributed by atoms with E-state index in [2.05, 4.69) is 6.08 Å². The van der Waals surface area contributed by atoms with Gasteiger partial charge in [0.05, 0.1) is 20.3 Å². The van der Waals surface area contributed by atoms with Crippen LogP contribution in [0.5, 0.6) is 11.5 Å². The largest absolute Gasteiger partial charge is 0.493 e. The summed E-state index contributed by atoms with van der Waals surface area (Å²) < 4.78 is 10.6. The van der Waals surface area contributed by atoms with Gasteiger partial charge < -0.3 is 14.6 Å². The second-order valence-electron chi connectivity index (χ2n) is 7.01. The lowest BCUT2D eigenvalue weighted by atomic mass is 9.86. The monoisotopic (exact) mass is 346 g/mol. The third kappa shape index (κ3) is 2.74. The number of benzene rings is 1. The number of allylic oxidation sites excluding steroid dienone is 3. The molecule has 0 amide bonds. The van der Waals surface area contributed by atoms with Gasteiger partial charge in [0.15, 0.2) is 11.5 Å². The molecule has 0 spiro atoms. The highest BCUT2D eigenvalue weighted by Crippen LogP contribution is 2.72. The molecule has 2 fully saturated rings. The Labute approximate surface area is 147 Å². The Balaban J connectivity index is 1.54. The van der Waals surface area contributed by atoms with Crippen LogP contribution in [0, 0.1) is 17.8 Å². The molecule has 128 valence electrons. The minimum Gasteiger partial charge on any atom is -0.493 e. The van der Waals surface area contributed by atoms with Crippen molar-refractivity contribution in [1.82, 2.24) is 0 Å². The van der Waals surface area contributed by atoms with Crippen LogP contribution in [0.3, 0.4) is 0 Å². The van der Waals surface area contributed by atoms with Gasteiger partial charge >= 0.3 is 0 Å². The predicted molar refractivity (Wildman–Crippen MR) is 94.4 cm³/mol. The second kappa shape index (κ2) is 6.12. The fourth-order valence-electron chi connectivity index (χ4n) is 3.96. The topological polar surface area (TPSA) is 38.7 Å². The molecular formula is C20H23ClO3. The summed E-state index contributed by atoms with van der Waals surface area (Å²) in [6, 6.07) is 5.57. The highest BCUT2D eigenvalue weighted by atomic mass is 35.5. The number of hydrogen-bond acceptors (Lipinski definition) is 3. The van der Waals surface area contributed by atoms with Crippen molar-refractivity contribution in [1.29, 1.82) is 0 Å². The number of ether oxygens (including phenoxy) is 2. The maximum atomic E-state index is 10.8. The Hall–Kier alpha value is -1.45. The lowest BCUT2D eigenvalue weighted by molar-refractivity contribution is 0.177. The van der Waals surface area contributed by atoms with Gasteiger partial charge in [-0.15, -0.1) is 0 Å². The third-order valence-corrected chi connectivity index (χ3v) is 6.04. The van der Waals surface area contributed by atoms with Crippen LogP contribution in [0.2, 0.25) is 0 Å². The molecule has 0 bridgehead atoms. The molecule has 4 heteroatoms. The molecule has 0 aromatic heterocycles. The standard InChI is InChI=1S/C20H23ClO3/c1-23-18-7-6-11(8-19(18)24-2)17(22)10-13-12(4-3-5-16(13)21)20-14-9-15(14)20/h4,6-8,14-15,17,20,22H,3,5,9-10H2,1-2H3. The fourth-order valence-corrected chi connectivity index (χ4v) is 4.26. The Kier molecular flexibility index (Phi) is 4.09. The minimum atomic E-state index is -0.592. The summed E-state index contributed by atoms with van der Waals surface area (Å²) in [5.41, 5.74) is 3.41. The summed E-state index contributed by atoms with van der Waals surface area (Å²) in [6.07, 6.45) is 5.62. The molecule has 3 unspecified atom stereocenters. The van der Waals surface area contributed by atoms with E-state index in [4.69, 9.17) is 21.1 Å². The summed E-state index contributed by atoms with van der Waals surface area (Å²) in [7, 11) is 3.22. The molecule has 4 rings (SSSR count). The highest BCUT2D eigenvalue weighted by molar-refractivity contribution is 6.30. The molecule has 0 aliphatic heterocycles. The van der Waals surface area contributed by atoms with E-state index in [1.807, 2.05) is 18.2 Å². The number of methoxy groups -OCH3 is 2. The second-order valence-corrected chi connectivity index (χ2v) is 7.46. The van der Waals surface area contributed by atoms with Gasteiger partial charge in [0, 0.05) is 11.5 Å². The molecular weight excluding hydrogens is 324 g/mol.